The summed E-state index contributed by atoms with van der Waals surface area (Å²) < 4.78 is 26.2. The Bertz CT molecular complexity index is 503. The molecule has 2 rings (SSSR count). The first-order valence-electron chi connectivity index (χ1n) is 6.71. The number of nitrogens with two attached hydrogens (primary N) is 1. The lowest BCUT2D eigenvalue weighted by atomic mass is 9.86. The van der Waals surface area contributed by atoms with Crippen molar-refractivity contribution >= 4 is 29.8 Å². The highest BCUT2D eigenvalue weighted by Gasteiger charge is 2.36. The summed E-state index contributed by atoms with van der Waals surface area (Å²) in [6.45, 7) is 1.73. The van der Waals surface area contributed by atoms with Crippen LogP contribution < -0.4 is 11.1 Å². The summed E-state index contributed by atoms with van der Waals surface area (Å²) in [7, 11) is 0. The zero-order chi connectivity index (χ0) is 14.8. The Morgan fingerprint density at radius 1 is 1.48 bits per heavy atom. The quantitative estimate of drug-likeness (QED) is 0.896. The van der Waals surface area contributed by atoms with Crippen molar-refractivity contribution in [3.63, 3.8) is 0 Å². The maximum atomic E-state index is 13.1. The van der Waals surface area contributed by atoms with Gasteiger partial charge < -0.3 is 11.1 Å². The van der Waals surface area contributed by atoms with Gasteiger partial charge in [-0.2, -0.15) is 0 Å². The van der Waals surface area contributed by atoms with E-state index in [2.05, 4.69) is 15.3 Å². The van der Waals surface area contributed by atoms with E-state index in [0.717, 1.165) is 0 Å². The number of aromatic nitrogens is 2. The van der Waals surface area contributed by atoms with Crippen molar-refractivity contribution in [1.82, 2.24) is 9.97 Å². The molecule has 0 spiro atoms. The minimum absolute atomic E-state index is 0. The summed E-state index contributed by atoms with van der Waals surface area (Å²) in [5.74, 6) is -2.18. The fourth-order valence-electron chi connectivity index (χ4n) is 2.24. The zero-order valence-corrected chi connectivity index (χ0v) is 12.6. The van der Waals surface area contributed by atoms with Crippen molar-refractivity contribution in [1.29, 1.82) is 0 Å². The Kier molecular flexibility index (Phi) is 5.83. The van der Waals surface area contributed by atoms with Crippen molar-refractivity contribution in [2.45, 2.75) is 50.9 Å². The van der Waals surface area contributed by atoms with Gasteiger partial charge in [-0.25, -0.2) is 18.7 Å². The van der Waals surface area contributed by atoms with E-state index in [1.807, 2.05) is 0 Å². The molecule has 0 bridgehead atoms. The average Bonchev–Trinajstić information content (AvgIpc) is 2.41. The van der Waals surface area contributed by atoms with Crippen LogP contribution in [-0.4, -0.2) is 21.8 Å². The van der Waals surface area contributed by atoms with Crippen LogP contribution in [0.15, 0.2) is 6.20 Å². The number of hydrogen-bond acceptors (Lipinski definition) is 4. The van der Waals surface area contributed by atoms with Crippen LogP contribution in [0.2, 0.25) is 0 Å². The summed E-state index contributed by atoms with van der Waals surface area (Å²) in [6, 6.07) is 0. The predicted molar refractivity (Wildman–Crippen MR) is 78.8 cm³/mol. The van der Waals surface area contributed by atoms with Gasteiger partial charge in [0.25, 0.3) is 0 Å². The van der Waals surface area contributed by atoms with Gasteiger partial charge in [0.05, 0.1) is 6.20 Å². The second-order valence-corrected chi connectivity index (χ2v) is 5.06. The lowest BCUT2D eigenvalue weighted by Crippen LogP contribution is -2.24. The second kappa shape index (κ2) is 6.98. The molecule has 5 nitrogen and oxygen atoms in total. The second-order valence-electron chi connectivity index (χ2n) is 5.06. The molecule has 8 heteroatoms. The monoisotopic (exact) mass is 320 g/mol. The van der Waals surface area contributed by atoms with Gasteiger partial charge in [0.1, 0.15) is 11.5 Å². The number of anilines is 2. The van der Waals surface area contributed by atoms with E-state index in [-0.39, 0.29) is 42.9 Å². The molecule has 1 aromatic heterocycles. The third-order valence-electron chi connectivity index (χ3n) is 3.51. The van der Waals surface area contributed by atoms with E-state index in [1.54, 1.807) is 6.92 Å². The summed E-state index contributed by atoms with van der Waals surface area (Å²) in [4.78, 5) is 19.6. The van der Waals surface area contributed by atoms with Crippen molar-refractivity contribution in [2.75, 3.05) is 11.1 Å². The van der Waals surface area contributed by atoms with Crippen LogP contribution in [0.25, 0.3) is 0 Å². The lowest BCUT2D eigenvalue weighted by Gasteiger charge is -2.27. The molecule has 0 saturated heterocycles. The molecule has 0 atom stereocenters. The van der Waals surface area contributed by atoms with Gasteiger partial charge >= 0.3 is 0 Å². The van der Waals surface area contributed by atoms with E-state index in [0.29, 0.717) is 30.8 Å². The number of halogens is 3. The molecule has 0 unspecified atom stereocenters. The molecule has 1 amide bonds. The average molecular weight is 321 g/mol. The van der Waals surface area contributed by atoms with Gasteiger partial charge in [-0.05, 0) is 12.8 Å². The first-order chi connectivity index (χ1) is 9.41. The van der Waals surface area contributed by atoms with Crippen LogP contribution in [0.3, 0.4) is 0 Å². The van der Waals surface area contributed by atoms with Crippen molar-refractivity contribution < 1.29 is 13.6 Å². The topological polar surface area (TPSA) is 80.9 Å². The smallest absolute Gasteiger partial charge is 0.248 e. The standard InChI is InChI=1S/C13H18F2N4O.ClH/c1-2-10(20)18-9-7-17-12(19-11(9)16)8-3-5-13(14,15)6-4-8;/h7-8H,2-6H2,1H3,(H,18,20)(H2,16,17,19);1H. The molecule has 21 heavy (non-hydrogen) atoms. The van der Waals surface area contributed by atoms with E-state index >= 15 is 0 Å². The van der Waals surface area contributed by atoms with Gasteiger partial charge in [-0.1, -0.05) is 6.92 Å². The molecule has 1 aromatic rings. The van der Waals surface area contributed by atoms with Crippen LogP contribution in [-0.2, 0) is 4.79 Å². The molecule has 1 heterocycles. The Morgan fingerprint density at radius 3 is 2.62 bits per heavy atom. The number of rotatable bonds is 3. The highest BCUT2D eigenvalue weighted by molar-refractivity contribution is 5.92. The molecular weight excluding hydrogens is 302 g/mol. The van der Waals surface area contributed by atoms with Gasteiger partial charge in [0.2, 0.25) is 11.8 Å². The number of hydrogen-bond donors (Lipinski definition) is 2. The van der Waals surface area contributed by atoms with E-state index in [9.17, 15) is 13.6 Å². The van der Waals surface area contributed by atoms with Crippen molar-refractivity contribution in [3.8, 4) is 0 Å². The van der Waals surface area contributed by atoms with Gasteiger partial charge in [0.15, 0.2) is 5.82 Å². The maximum Gasteiger partial charge on any atom is 0.248 e. The first kappa shape index (κ1) is 17.6. The van der Waals surface area contributed by atoms with Crippen LogP contribution in [0.4, 0.5) is 20.3 Å². The Morgan fingerprint density at radius 2 is 2.10 bits per heavy atom. The molecule has 1 aliphatic rings. The van der Waals surface area contributed by atoms with Gasteiger partial charge in [-0.3, -0.25) is 4.79 Å². The van der Waals surface area contributed by atoms with E-state index in [1.165, 1.54) is 6.20 Å². The maximum absolute atomic E-state index is 13.1. The molecule has 1 saturated carbocycles. The van der Waals surface area contributed by atoms with Crippen LogP contribution in [0.1, 0.15) is 50.8 Å². The van der Waals surface area contributed by atoms with Crippen LogP contribution >= 0.6 is 12.4 Å². The number of carbonyl (C=O) groups excluding carboxylic acids is 1. The third-order valence-corrected chi connectivity index (χ3v) is 3.51. The SMILES string of the molecule is CCC(=O)Nc1cnc(C2CCC(F)(F)CC2)nc1N.Cl. The number of nitrogen functional groups attached to an aromatic ring is 1. The van der Waals surface area contributed by atoms with E-state index in [4.69, 9.17) is 5.73 Å². The number of carbonyl (C=O) groups is 1. The number of amides is 1. The fraction of sp³-hybridized carbons (Fsp3) is 0.615. The summed E-state index contributed by atoms with van der Waals surface area (Å²) >= 11 is 0. The van der Waals surface area contributed by atoms with Gasteiger partial charge in [0, 0.05) is 25.2 Å². The van der Waals surface area contributed by atoms with Crippen LogP contribution in [0, 0.1) is 0 Å². The van der Waals surface area contributed by atoms with Crippen LogP contribution in [0.5, 0.6) is 0 Å². The highest BCUT2D eigenvalue weighted by atomic mass is 35.5. The zero-order valence-electron chi connectivity index (χ0n) is 11.7. The molecule has 3 N–H and O–H groups in total. The molecule has 0 radical (unpaired) electrons. The Labute approximate surface area is 128 Å². The highest BCUT2D eigenvalue weighted by Crippen LogP contribution is 2.40. The fourth-order valence-corrected chi connectivity index (χ4v) is 2.24. The molecule has 1 fully saturated rings. The normalized spacial score (nSPS) is 17.9. The van der Waals surface area contributed by atoms with Gasteiger partial charge in [-0.15, -0.1) is 12.4 Å². The van der Waals surface area contributed by atoms with E-state index < -0.39 is 5.92 Å². The molecule has 118 valence electrons. The number of nitrogens with zero attached hydrogens (tertiary/aromatic N) is 2. The van der Waals surface area contributed by atoms with Crippen molar-refractivity contribution in [3.05, 3.63) is 12.0 Å². The minimum atomic E-state index is -2.57. The molecule has 0 aromatic carbocycles. The number of nitrogens with one attached hydrogen (secondary N) is 1. The Balaban J connectivity index is 0.00000220. The summed E-state index contributed by atoms with van der Waals surface area (Å²) in [6.07, 6.45) is 2.20. The summed E-state index contributed by atoms with van der Waals surface area (Å²) in [5, 5.41) is 2.59. The molecule has 1 aliphatic carbocycles. The molecule has 0 aliphatic heterocycles. The predicted octanol–water partition coefficient (Wildman–Crippen LogP) is 3.12. The Hall–Kier alpha value is -1.50. The number of alkyl halides is 2. The largest absolute Gasteiger partial charge is 0.382 e. The first-order valence-corrected chi connectivity index (χ1v) is 6.71. The third kappa shape index (κ3) is 4.49. The minimum Gasteiger partial charge on any atom is -0.382 e. The molecular formula is C13H19ClF2N4O. The lowest BCUT2D eigenvalue weighted by molar-refractivity contribution is -0.115. The van der Waals surface area contributed by atoms with Crippen molar-refractivity contribution in [2.24, 2.45) is 0 Å². The summed E-state index contributed by atoms with van der Waals surface area (Å²) in [5.41, 5.74) is 6.13.